The molecule has 41 atom stereocenters. The van der Waals surface area contributed by atoms with Crippen molar-refractivity contribution < 1.29 is 187 Å². The average Bonchev–Trinajstić information content (AvgIpc) is 0.963. The number of carbonyl (C=O) groups is 3. The number of methoxy groups -OCH3 is 1. The number of carboxylic acid groups (broad SMARTS) is 1. The molecule has 0 spiro atoms. The summed E-state index contributed by atoms with van der Waals surface area (Å²) >= 11 is 0. The highest BCUT2D eigenvalue weighted by atomic mass is 16.8. The summed E-state index contributed by atoms with van der Waals surface area (Å²) in [5, 5.41) is 213. The van der Waals surface area contributed by atoms with Gasteiger partial charge in [-0.3, -0.25) is 9.59 Å². The van der Waals surface area contributed by atoms with Gasteiger partial charge < -0.3 is 173 Å². The van der Waals surface area contributed by atoms with Crippen molar-refractivity contribution in [2.75, 3.05) is 46.8 Å². The second-order valence-corrected chi connectivity index (χ2v) is 35.8. The summed E-state index contributed by atoms with van der Waals surface area (Å²) in [4.78, 5) is 45.2. The van der Waals surface area contributed by atoms with Crippen LogP contribution in [0.15, 0.2) is 42.0 Å². The highest BCUT2D eigenvalue weighted by Gasteiger charge is 2.74. The first-order chi connectivity index (χ1) is 55.1. The molecule has 0 bridgehead atoms. The molecule has 12 aliphatic rings. The summed E-state index contributed by atoms with van der Waals surface area (Å²) in [5.41, 5.74) is -8.04. The number of allylic oxidation sites excluding steroid dienone is 1. The molecule has 0 unspecified atom stereocenters. The Morgan fingerprint density at radius 1 is 0.521 bits per heavy atom. The van der Waals surface area contributed by atoms with Gasteiger partial charge in [0.1, 0.15) is 127 Å². The molecule has 19 N–H and O–H groups in total. The summed E-state index contributed by atoms with van der Waals surface area (Å²) in [5.74, 6) is -4.68. The topological polar surface area (TPSA) is 583 Å². The van der Waals surface area contributed by atoms with Gasteiger partial charge >= 0.3 is 17.9 Å². The Balaban J connectivity index is 0.859. The number of fused-ring (bicyclic) bond motifs is 7. The van der Waals surface area contributed by atoms with Crippen LogP contribution >= 0.6 is 0 Å². The molecule has 0 radical (unpaired) electrons. The highest BCUT2D eigenvalue weighted by molar-refractivity contribution is 5.87. The number of hydrogen-bond acceptors (Lipinski definition) is 37. The standard InChI is InChI=1S/C79H118O38/c1-32-46(87)49(90)52(93)65(105-32)114-60-57(110-45(86)17-12-35-10-13-36(102-9)14-11-35)34(3)107-69(61(60)115-68-55(96)59(113-70-62(97)79(101,30-83)31-104-70)56(33(2)106-68)111-64-54(95)58(40(85)28-103-64)112-66-51(92)48(89)42(27-81)108-66)117-72(100)77-21-20-73(4,5)24-38(77)37-15-16-43-74(6)25-39(84)63(116-67-53(94)50(91)47(88)41(26-80)109-67)76(8,71(98)99)44(74)18-19-75(43,7)78(37,29-82)23-22-77/h10-15,17,32-34,38-44,46-70,80-85,87-97,101H,16,18-31H2,1-9H3,(H,98,99)/t32-,33-,34+,38-,39-,40+,41+,42+,43+,44+,46-,47+,48+,49+,50-,51-,52+,53+,54+,55+,56-,57-,58-,59-,60-,61+,62-,63-,64-,65-,66-,67-,68-,69-,70-,74+,75+,76-,77-,78-,79+/m0/s1. The molecule has 0 aromatic heterocycles. The van der Waals surface area contributed by atoms with Gasteiger partial charge in [-0.05, 0) is 143 Å². The van der Waals surface area contributed by atoms with Crippen LogP contribution < -0.4 is 4.74 Å². The van der Waals surface area contributed by atoms with Crippen molar-refractivity contribution in [2.24, 2.45) is 50.2 Å². The normalized spacial score (nSPS) is 50.4. The van der Waals surface area contributed by atoms with Crippen molar-refractivity contribution in [3.8, 4) is 5.75 Å². The van der Waals surface area contributed by atoms with Crippen molar-refractivity contribution in [3.05, 3.63) is 47.6 Å². The molecular weight excluding hydrogens is 1560 g/mol. The summed E-state index contributed by atoms with van der Waals surface area (Å²) in [6, 6.07) is 6.58. The molecule has 5 aliphatic carbocycles. The molecule has 117 heavy (non-hydrogen) atoms. The minimum absolute atomic E-state index is 0.0455. The first-order valence-electron chi connectivity index (χ1n) is 40.3. The van der Waals surface area contributed by atoms with E-state index in [0.717, 1.165) is 11.6 Å². The Morgan fingerprint density at radius 3 is 1.71 bits per heavy atom. The fourth-order valence-corrected chi connectivity index (χ4v) is 21.5. The molecule has 38 nitrogen and oxygen atoms in total. The lowest BCUT2D eigenvalue weighted by Gasteiger charge is -2.71. The lowest BCUT2D eigenvalue weighted by Crippen LogP contribution is -2.71. The second-order valence-electron chi connectivity index (χ2n) is 35.8. The van der Waals surface area contributed by atoms with Crippen molar-refractivity contribution in [1.82, 2.24) is 0 Å². The van der Waals surface area contributed by atoms with Crippen LogP contribution in [-0.4, -0.2) is 364 Å². The number of aliphatic carboxylic acids is 1. The third-order valence-electron chi connectivity index (χ3n) is 28.4. The molecular formula is C79H118O38. The van der Waals surface area contributed by atoms with E-state index in [2.05, 4.69) is 20.8 Å². The zero-order valence-electron chi connectivity index (χ0n) is 66.6. The molecule has 7 heterocycles. The van der Waals surface area contributed by atoms with Gasteiger partial charge in [-0.1, -0.05) is 51.5 Å². The van der Waals surface area contributed by atoms with Crippen molar-refractivity contribution >= 4 is 24.0 Å². The third kappa shape index (κ3) is 16.0. The minimum Gasteiger partial charge on any atom is -0.497 e. The number of aliphatic hydroxyl groups excluding tert-OH is 17. The first kappa shape index (κ1) is 90.4. The molecule has 1 aromatic carbocycles. The van der Waals surface area contributed by atoms with Crippen LogP contribution in [-0.2, 0) is 85.4 Å². The lowest BCUT2D eigenvalue weighted by atomic mass is 9.33. The first-order valence-corrected chi connectivity index (χ1v) is 40.3. The van der Waals surface area contributed by atoms with Crippen LogP contribution in [0.1, 0.15) is 119 Å². The molecule has 7 aliphatic heterocycles. The van der Waals surface area contributed by atoms with E-state index in [-0.39, 0.29) is 38.5 Å². The maximum absolute atomic E-state index is 16.6. The van der Waals surface area contributed by atoms with E-state index >= 15 is 4.79 Å². The van der Waals surface area contributed by atoms with Crippen LogP contribution in [0.2, 0.25) is 0 Å². The molecule has 4 saturated carbocycles. The van der Waals surface area contributed by atoms with Gasteiger partial charge in [0.25, 0.3) is 0 Å². The molecule has 0 amide bonds. The zero-order chi connectivity index (χ0) is 85.0. The molecule has 1 aromatic rings. The number of hydrogen-bond donors (Lipinski definition) is 19. The van der Waals surface area contributed by atoms with Gasteiger partial charge in [0.05, 0.1) is 82.0 Å². The van der Waals surface area contributed by atoms with Gasteiger partial charge in [0, 0.05) is 11.5 Å². The predicted molar refractivity (Wildman–Crippen MR) is 389 cm³/mol. The fourth-order valence-electron chi connectivity index (χ4n) is 21.5. The van der Waals surface area contributed by atoms with Gasteiger partial charge in [-0.25, -0.2) is 4.79 Å². The Kier molecular flexibility index (Phi) is 26.8. The lowest BCUT2D eigenvalue weighted by molar-refractivity contribution is -0.398. The van der Waals surface area contributed by atoms with E-state index in [1.54, 1.807) is 24.3 Å². The molecule has 11 fully saturated rings. The Morgan fingerprint density at radius 2 is 1.08 bits per heavy atom. The molecule has 13 rings (SSSR count). The van der Waals surface area contributed by atoms with Crippen LogP contribution in [0.3, 0.4) is 0 Å². The maximum atomic E-state index is 16.6. The summed E-state index contributed by atoms with van der Waals surface area (Å²) in [6.45, 7) is 9.28. The number of carbonyl (C=O) groups excluding carboxylic acids is 2. The van der Waals surface area contributed by atoms with E-state index in [1.807, 2.05) is 13.0 Å². The SMILES string of the molecule is COc1ccc(C=CC(=O)O[C@@H]2[C@H](O[C@@H]3O[C@@H](C)[C@H](O)[C@@H](O)[C@H]3O)[C@@H](O[C@@H]3O[C@@H](C)[C@H](O[C@@H]4OC[C@@H](O)[C@H](O[C@@H]5O[C@H](CO)[C@@H](O)[C@@H]5O)[C@H]4O)[C@@H](O[C@@H]4OC[C@](O)(CO)[C@H]4O)[C@H]3O)[C@H](OC(=O)[C@]34CCC(C)(C)C[C@H]3C3=CC[C@@H]5[C@@]6(C)C[C@H](O)[C@H](O[C@@H]7O[C@H](CO)[C@@H](O)[C@H](O)[C@H]7O)[C@@](C)(C(=O)O)[C@@H]6CC[C@@]5(C)[C@]3(CO)CC4)O[C@@H]2C)cc1. The third-order valence-corrected chi connectivity index (χ3v) is 28.4. The smallest absolute Gasteiger partial charge is 0.331 e. The quantitative estimate of drug-likeness (QED) is 0.0213. The average molecular weight is 1680 g/mol. The molecule has 662 valence electrons. The molecule has 7 saturated heterocycles. The van der Waals surface area contributed by atoms with Crippen LogP contribution in [0.5, 0.6) is 5.75 Å². The largest absolute Gasteiger partial charge is 0.497 e. The van der Waals surface area contributed by atoms with Crippen molar-refractivity contribution in [1.29, 1.82) is 0 Å². The maximum Gasteiger partial charge on any atom is 0.331 e. The van der Waals surface area contributed by atoms with E-state index in [0.29, 0.717) is 30.6 Å². The van der Waals surface area contributed by atoms with E-state index < -0.39 is 310 Å². The van der Waals surface area contributed by atoms with Gasteiger partial charge in [0.15, 0.2) is 49.9 Å². The minimum atomic E-state index is -2.35. The highest BCUT2D eigenvalue weighted by Crippen LogP contribution is 2.76. The van der Waals surface area contributed by atoms with Crippen molar-refractivity contribution in [2.45, 2.75) is 315 Å². The van der Waals surface area contributed by atoms with Gasteiger partial charge in [-0.15, -0.1) is 0 Å². The fraction of sp³-hybridized carbons (Fsp3) is 0.835. The van der Waals surface area contributed by atoms with Crippen LogP contribution in [0.4, 0.5) is 0 Å². The van der Waals surface area contributed by atoms with E-state index in [9.17, 15) is 107 Å². The van der Waals surface area contributed by atoms with Crippen LogP contribution in [0.25, 0.3) is 6.08 Å². The number of benzene rings is 1. The van der Waals surface area contributed by atoms with E-state index in [4.69, 9.17) is 75.8 Å². The molecule has 38 heteroatoms. The van der Waals surface area contributed by atoms with Crippen LogP contribution in [0, 0.1) is 50.2 Å². The summed E-state index contributed by atoms with van der Waals surface area (Å²) < 4.78 is 98.8. The summed E-state index contributed by atoms with van der Waals surface area (Å²) in [6.07, 6.45) is -51.1. The monoisotopic (exact) mass is 1670 g/mol. The Bertz CT molecular complexity index is 3670. The number of esters is 2. The Labute approximate surface area is 674 Å². The second kappa shape index (κ2) is 34.7. The zero-order valence-corrected chi connectivity index (χ0v) is 66.6. The van der Waals surface area contributed by atoms with E-state index in [1.165, 1.54) is 40.9 Å². The number of aliphatic hydroxyl groups is 18. The number of ether oxygens (including phenoxy) is 16. The predicted octanol–water partition coefficient (Wildman–Crippen LogP) is -4.28. The van der Waals surface area contributed by atoms with Gasteiger partial charge in [-0.2, -0.15) is 0 Å². The Hall–Kier alpha value is -4.33. The van der Waals surface area contributed by atoms with Crippen molar-refractivity contribution in [3.63, 3.8) is 0 Å². The summed E-state index contributed by atoms with van der Waals surface area (Å²) in [7, 11) is 1.47. The number of rotatable bonds is 23. The number of carboxylic acids is 1. The van der Waals surface area contributed by atoms with Gasteiger partial charge in [0.2, 0.25) is 6.29 Å².